The van der Waals surface area contributed by atoms with Crippen LogP contribution in [-0.4, -0.2) is 29.8 Å². The van der Waals surface area contributed by atoms with Crippen LogP contribution in [0.5, 0.6) is 11.6 Å². The van der Waals surface area contributed by atoms with Crippen molar-refractivity contribution in [1.29, 1.82) is 0 Å². The number of hydrogen-bond donors (Lipinski definition) is 0. The van der Waals surface area contributed by atoms with E-state index in [1.165, 1.54) is 26.4 Å². The predicted molar refractivity (Wildman–Crippen MR) is 77.1 cm³/mol. The first-order chi connectivity index (χ1) is 10.0. The zero-order valence-corrected chi connectivity index (χ0v) is 12.1. The van der Waals surface area contributed by atoms with Gasteiger partial charge in [0.15, 0.2) is 5.78 Å². The minimum absolute atomic E-state index is 0.171. The molecule has 1 heterocycles. The van der Waals surface area contributed by atoms with Crippen molar-refractivity contribution in [2.24, 2.45) is 0 Å². The van der Waals surface area contributed by atoms with Crippen LogP contribution in [0.1, 0.15) is 15.9 Å². The molecule has 2 aromatic rings. The van der Waals surface area contributed by atoms with Gasteiger partial charge in [-0.15, -0.1) is 5.10 Å². The molecule has 0 fully saturated rings. The second-order valence-corrected chi connectivity index (χ2v) is 4.50. The molecule has 0 aliphatic heterocycles. The molecule has 0 atom stereocenters. The lowest BCUT2D eigenvalue weighted by atomic mass is 10.1. The molecular weight excluding hydrogens is 272 g/mol. The van der Waals surface area contributed by atoms with Crippen molar-refractivity contribution in [3.8, 4) is 11.6 Å². The first-order valence-electron chi connectivity index (χ1n) is 6.35. The van der Waals surface area contributed by atoms with Crippen LogP contribution in [0.4, 0.5) is 0 Å². The van der Waals surface area contributed by atoms with Crippen molar-refractivity contribution in [3.05, 3.63) is 51.8 Å². The topological polar surface area (TPSA) is 70.4 Å². The van der Waals surface area contributed by atoms with Crippen LogP contribution in [0.3, 0.4) is 0 Å². The van der Waals surface area contributed by atoms with Crippen LogP contribution in [0.25, 0.3) is 0 Å². The molecule has 6 nitrogen and oxygen atoms in total. The van der Waals surface area contributed by atoms with E-state index in [-0.39, 0.29) is 23.8 Å². The SMILES string of the molecule is COc1ccc(=O)n(CC(=O)c2ccc(C)cc2OC)n1. The van der Waals surface area contributed by atoms with Gasteiger partial charge in [-0.1, -0.05) is 6.07 Å². The van der Waals surface area contributed by atoms with E-state index in [1.807, 2.05) is 13.0 Å². The van der Waals surface area contributed by atoms with E-state index in [0.717, 1.165) is 10.2 Å². The van der Waals surface area contributed by atoms with Crippen molar-refractivity contribution in [2.75, 3.05) is 14.2 Å². The number of nitrogens with zero attached hydrogens (tertiary/aromatic N) is 2. The summed E-state index contributed by atoms with van der Waals surface area (Å²) in [6.45, 7) is 1.74. The summed E-state index contributed by atoms with van der Waals surface area (Å²) >= 11 is 0. The highest BCUT2D eigenvalue weighted by atomic mass is 16.5. The molecule has 0 N–H and O–H groups in total. The van der Waals surface area contributed by atoms with Crippen molar-refractivity contribution in [1.82, 2.24) is 9.78 Å². The van der Waals surface area contributed by atoms with Crippen LogP contribution in [-0.2, 0) is 6.54 Å². The number of Topliss-reactive ketones (excluding diaryl/α,β-unsaturated/α-hetero) is 1. The minimum atomic E-state index is -0.366. The molecular formula is C15H16N2O4. The quantitative estimate of drug-likeness (QED) is 0.779. The molecule has 110 valence electrons. The van der Waals surface area contributed by atoms with Gasteiger partial charge >= 0.3 is 0 Å². The van der Waals surface area contributed by atoms with Gasteiger partial charge in [0.1, 0.15) is 12.3 Å². The van der Waals surface area contributed by atoms with Gasteiger partial charge in [-0.25, -0.2) is 4.68 Å². The Bertz CT molecular complexity index is 722. The number of carbonyl (C=O) groups is 1. The summed E-state index contributed by atoms with van der Waals surface area (Å²) in [4.78, 5) is 24.1. The Morgan fingerprint density at radius 1 is 1.19 bits per heavy atom. The lowest BCUT2D eigenvalue weighted by Gasteiger charge is -2.09. The third-order valence-corrected chi connectivity index (χ3v) is 3.00. The Hall–Kier alpha value is -2.63. The number of aromatic nitrogens is 2. The van der Waals surface area contributed by atoms with E-state index < -0.39 is 0 Å². The smallest absolute Gasteiger partial charge is 0.267 e. The number of benzene rings is 1. The molecule has 0 radical (unpaired) electrons. The predicted octanol–water partition coefficient (Wildman–Crippen LogP) is 1.45. The maximum atomic E-state index is 12.3. The van der Waals surface area contributed by atoms with E-state index >= 15 is 0 Å². The zero-order valence-electron chi connectivity index (χ0n) is 12.1. The molecule has 0 aliphatic carbocycles. The number of rotatable bonds is 5. The van der Waals surface area contributed by atoms with Crippen molar-refractivity contribution < 1.29 is 14.3 Å². The summed E-state index contributed by atoms with van der Waals surface area (Å²) in [6.07, 6.45) is 0. The zero-order chi connectivity index (χ0) is 15.4. The summed E-state index contributed by atoms with van der Waals surface area (Å²) in [5.41, 5.74) is 1.04. The number of methoxy groups -OCH3 is 2. The molecule has 0 aliphatic rings. The fourth-order valence-electron chi connectivity index (χ4n) is 1.90. The summed E-state index contributed by atoms with van der Waals surface area (Å²) in [5.74, 6) is 0.504. The average Bonchev–Trinajstić information content (AvgIpc) is 2.49. The maximum absolute atomic E-state index is 12.3. The molecule has 1 aromatic carbocycles. The largest absolute Gasteiger partial charge is 0.496 e. The van der Waals surface area contributed by atoms with Crippen LogP contribution in [0.15, 0.2) is 35.1 Å². The Kier molecular flexibility index (Phi) is 4.37. The van der Waals surface area contributed by atoms with Crippen molar-refractivity contribution >= 4 is 5.78 Å². The van der Waals surface area contributed by atoms with Gasteiger partial charge in [0.25, 0.3) is 5.56 Å². The first-order valence-corrected chi connectivity index (χ1v) is 6.35. The first kappa shape index (κ1) is 14.8. The summed E-state index contributed by atoms with van der Waals surface area (Å²) in [7, 11) is 2.95. The Morgan fingerprint density at radius 3 is 2.62 bits per heavy atom. The Balaban J connectivity index is 2.32. The highest BCUT2D eigenvalue weighted by molar-refractivity contribution is 5.98. The Labute approximate surface area is 121 Å². The van der Waals surface area contributed by atoms with Crippen LogP contribution in [0, 0.1) is 6.92 Å². The fraction of sp³-hybridized carbons (Fsp3) is 0.267. The molecule has 0 bridgehead atoms. The van der Waals surface area contributed by atoms with Gasteiger partial charge in [0.05, 0.1) is 19.8 Å². The van der Waals surface area contributed by atoms with Gasteiger partial charge in [-0.05, 0) is 24.6 Å². The number of ketones is 1. The third kappa shape index (κ3) is 3.28. The monoisotopic (exact) mass is 288 g/mol. The summed E-state index contributed by atoms with van der Waals surface area (Å²) < 4.78 is 11.2. The number of carbonyl (C=O) groups excluding carboxylic acids is 1. The van der Waals surface area contributed by atoms with Gasteiger partial charge in [-0.2, -0.15) is 0 Å². The Morgan fingerprint density at radius 2 is 1.95 bits per heavy atom. The normalized spacial score (nSPS) is 10.2. The maximum Gasteiger partial charge on any atom is 0.267 e. The minimum Gasteiger partial charge on any atom is -0.496 e. The molecule has 0 spiro atoms. The van der Waals surface area contributed by atoms with Crippen molar-refractivity contribution in [2.45, 2.75) is 13.5 Å². The van der Waals surface area contributed by atoms with Gasteiger partial charge in [-0.3, -0.25) is 9.59 Å². The lowest BCUT2D eigenvalue weighted by molar-refractivity contribution is 0.0962. The fourth-order valence-corrected chi connectivity index (χ4v) is 1.90. The molecule has 6 heteroatoms. The van der Waals surface area contributed by atoms with Crippen LogP contribution in [0.2, 0.25) is 0 Å². The van der Waals surface area contributed by atoms with Gasteiger partial charge in [0, 0.05) is 12.1 Å². The lowest BCUT2D eigenvalue weighted by Crippen LogP contribution is -2.26. The van der Waals surface area contributed by atoms with E-state index in [2.05, 4.69) is 5.10 Å². The molecule has 2 rings (SSSR count). The van der Waals surface area contributed by atoms with Crippen molar-refractivity contribution in [3.63, 3.8) is 0 Å². The summed E-state index contributed by atoms with van der Waals surface area (Å²) in [6, 6.07) is 8.04. The average molecular weight is 288 g/mol. The number of ether oxygens (including phenoxy) is 2. The molecule has 1 aromatic heterocycles. The highest BCUT2D eigenvalue weighted by Crippen LogP contribution is 2.20. The van der Waals surface area contributed by atoms with Gasteiger partial charge in [0.2, 0.25) is 5.88 Å². The third-order valence-electron chi connectivity index (χ3n) is 3.00. The molecule has 21 heavy (non-hydrogen) atoms. The molecule has 0 amide bonds. The second kappa shape index (κ2) is 6.21. The van der Waals surface area contributed by atoms with E-state index in [9.17, 15) is 9.59 Å². The van der Waals surface area contributed by atoms with E-state index in [0.29, 0.717) is 11.3 Å². The molecule has 0 saturated carbocycles. The number of hydrogen-bond acceptors (Lipinski definition) is 5. The van der Waals surface area contributed by atoms with Crippen LogP contribution < -0.4 is 15.0 Å². The molecule has 0 unspecified atom stereocenters. The standard InChI is InChI=1S/C15H16N2O4/c1-10-4-5-11(13(8-10)20-2)12(18)9-17-15(19)7-6-14(16-17)21-3/h4-8H,9H2,1-3H3. The second-order valence-electron chi connectivity index (χ2n) is 4.50. The van der Waals surface area contributed by atoms with Gasteiger partial charge < -0.3 is 9.47 Å². The number of aryl methyl sites for hydroxylation is 1. The van der Waals surface area contributed by atoms with Crippen LogP contribution >= 0.6 is 0 Å². The molecule has 0 saturated heterocycles. The summed E-state index contributed by atoms with van der Waals surface area (Å²) in [5, 5.41) is 3.95. The highest BCUT2D eigenvalue weighted by Gasteiger charge is 2.14. The van der Waals surface area contributed by atoms with E-state index in [1.54, 1.807) is 12.1 Å². The van der Waals surface area contributed by atoms with E-state index in [4.69, 9.17) is 9.47 Å².